The van der Waals surface area contributed by atoms with E-state index in [4.69, 9.17) is 0 Å². The number of aromatic nitrogens is 2. The fraction of sp³-hybridized carbons (Fsp3) is 0.600. The van der Waals surface area contributed by atoms with Crippen molar-refractivity contribution in [3.05, 3.63) is 18.5 Å². The second-order valence-corrected chi connectivity index (χ2v) is 4.88. The molecule has 0 spiro atoms. The van der Waals surface area contributed by atoms with Crippen molar-refractivity contribution in [3.8, 4) is 0 Å². The van der Waals surface area contributed by atoms with E-state index in [1.807, 2.05) is 6.07 Å². The molecular formula is C10H16N2S2. The zero-order chi connectivity index (χ0) is 10.4. The molecule has 0 aliphatic carbocycles. The molecule has 0 saturated carbocycles. The number of nitrogens with zero attached hydrogens (tertiary/aromatic N) is 2. The molecule has 4 heteroatoms. The van der Waals surface area contributed by atoms with Crippen LogP contribution in [0.5, 0.6) is 0 Å². The van der Waals surface area contributed by atoms with Gasteiger partial charge in [0.25, 0.3) is 0 Å². The Morgan fingerprint density at radius 2 is 2.00 bits per heavy atom. The maximum Gasteiger partial charge on any atom is 0.187 e. The number of hydrogen-bond donors (Lipinski definition) is 1. The van der Waals surface area contributed by atoms with Crippen molar-refractivity contribution in [2.24, 2.45) is 11.8 Å². The molecule has 0 aromatic carbocycles. The van der Waals surface area contributed by atoms with Crippen molar-refractivity contribution in [1.29, 1.82) is 0 Å². The summed E-state index contributed by atoms with van der Waals surface area (Å²) in [6.45, 7) is 4.46. The third-order valence-corrected chi connectivity index (χ3v) is 3.68. The lowest BCUT2D eigenvalue weighted by Crippen LogP contribution is -2.13. The highest BCUT2D eigenvalue weighted by molar-refractivity contribution is 7.99. The first kappa shape index (κ1) is 11.9. The normalized spacial score (nSPS) is 13.1. The van der Waals surface area contributed by atoms with Crippen molar-refractivity contribution >= 4 is 24.4 Å². The summed E-state index contributed by atoms with van der Waals surface area (Å²) < 4.78 is 0. The van der Waals surface area contributed by atoms with Crippen LogP contribution < -0.4 is 0 Å². The minimum atomic E-state index is 0.632. The molecule has 0 radical (unpaired) electrons. The lowest BCUT2D eigenvalue weighted by atomic mass is 10.0. The molecular weight excluding hydrogens is 212 g/mol. The van der Waals surface area contributed by atoms with Crippen LogP contribution in [0.2, 0.25) is 0 Å². The molecule has 1 atom stereocenters. The first-order chi connectivity index (χ1) is 6.74. The lowest BCUT2D eigenvalue weighted by Gasteiger charge is -2.16. The molecule has 0 bridgehead atoms. The van der Waals surface area contributed by atoms with Gasteiger partial charge >= 0.3 is 0 Å². The second kappa shape index (κ2) is 6.30. The van der Waals surface area contributed by atoms with E-state index in [1.54, 1.807) is 24.2 Å². The molecule has 0 amide bonds. The summed E-state index contributed by atoms with van der Waals surface area (Å²) in [5.41, 5.74) is 0. The number of thioether (sulfide) groups is 1. The van der Waals surface area contributed by atoms with Gasteiger partial charge in [0, 0.05) is 18.1 Å². The van der Waals surface area contributed by atoms with E-state index >= 15 is 0 Å². The van der Waals surface area contributed by atoms with Crippen molar-refractivity contribution in [2.75, 3.05) is 11.5 Å². The van der Waals surface area contributed by atoms with E-state index in [1.165, 1.54) is 0 Å². The highest BCUT2D eigenvalue weighted by Crippen LogP contribution is 2.21. The van der Waals surface area contributed by atoms with Gasteiger partial charge in [-0.3, -0.25) is 0 Å². The van der Waals surface area contributed by atoms with Gasteiger partial charge in [-0.15, -0.1) is 0 Å². The zero-order valence-electron chi connectivity index (χ0n) is 8.55. The Labute approximate surface area is 95.3 Å². The van der Waals surface area contributed by atoms with Gasteiger partial charge in [0.15, 0.2) is 5.16 Å². The Morgan fingerprint density at radius 3 is 2.50 bits per heavy atom. The monoisotopic (exact) mass is 228 g/mol. The fourth-order valence-electron chi connectivity index (χ4n) is 0.997. The average molecular weight is 228 g/mol. The average Bonchev–Trinajstić information content (AvgIpc) is 2.20. The van der Waals surface area contributed by atoms with E-state index in [0.29, 0.717) is 11.8 Å². The summed E-state index contributed by atoms with van der Waals surface area (Å²) >= 11 is 6.06. The molecule has 0 fully saturated rings. The maximum atomic E-state index is 4.35. The predicted octanol–water partition coefficient (Wildman–Crippen LogP) is 2.77. The van der Waals surface area contributed by atoms with Crippen LogP contribution in [0, 0.1) is 11.8 Å². The minimum Gasteiger partial charge on any atom is -0.231 e. The number of hydrogen-bond acceptors (Lipinski definition) is 4. The van der Waals surface area contributed by atoms with Crippen molar-refractivity contribution < 1.29 is 0 Å². The van der Waals surface area contributed by atoms with Crippen LogP contribution >= 0.6 is 24.4 Å². The van der Waals surface area contributed by atoms with Crippen LogP contribution in [-0.2, 0) is 0 Å². The summed E-state index contributed by atoms with van der Waals surface area (Å²) in [5, 5.41) is 0.861. The summed E-state index contributed by atoms with van der Waals surface area (Å²) in [5.74, 6) is 3.28. The van der Waals surface area contributed by atoms with Gasteiger partial charge in [-0.2, -0.15) is 12.6 Å². The van der Waals surface area contributed by atoms with Gasteiger partial charge < -0.3 is 0 Å². The lowest BCUT2D eigenvalue weighted by molar-refractivity contribution is 0.473. The quantitative estimate of drug-likeness (QED) is 0.477. The summed E-state index contributed by atoms with van der Waals surface area (Å²) in [4.78, 5) is 8.34. The van der Waals surface area contributed by atoms with Gasteiger partial charge in [0.2, 0.25) is 0 Å². The van der Waals surface area contributed by atoms with E-state index in [2.05, 4.69) is 36.4 Å². The van der Waals surface area contributed by atoms with Crippen LogP contribution in [-0.4, -0.2) is 21.5 Å². The molecule has 1 aromatic rings. The maximum absolute atomic E-state index is 4.35. The predicted molar refractivity (Wildman–Crippen MR) is 64.9 cm³/mol. The van der Waals surface area contributed by atoms with E-state index in [0.717, 1.165) is 16.7 Å². The Balaban J connectivity index is 2.40. The molecule has 1 unspecified atom stereocenters. The topological polar surface area (TPSA) is 25.8 Å². The van der Waals surface area contributed by atoms with Crippen LogP contribution in [0.1, 0.15) is 13.8 Å². The molecule has 14 heavy (non-hydrogen) atoms. The number of rotatable bonds is 5. The molecule has 1 aromatic heterocycles. The smallest absolute Gasteiger partial charge is 0.187 e. The molecule has 0 N–H and O–H groups in total. The Kier molecular flexibility index (Phi) is 5.33. The Hall–Kier alpha value is -0.220. The van der Waals surface area contributed by atoms with E-state index in [9.17, 15) is 0 Å². The second-order valence-electron chi connectivity index (χ2n) is 3.53. The van der Waals surface area contributed by atoms with Crippen LogP contribution in [0.25, 0.3) is 0 Å². The molecule has 0 saturated heterocycles. The third kappa shape index (κ3) is 3.88. The van der Waals surface area contributed by atoms with Gasteiger partial charge in [0.1, 0.15) is 0 Å². The SMILES string of the molecule is CC(C)C(CS)CSc1ncccn1. The molecule has 1 heterocycles. The van der Waals surface area contributed by atoms with Gasteiger partial charge in [-0.25, -0.2) is 9.97 Å². The Morgan fingerprint density at radius 1 is 1.36 bits per heavy atom. The Bertz CT molecular complexity index is 252. The summed E-state index contributed by atoms with van der Waals surface area (Å²) in [7, 11) is 0. The first-order valence-corrected chi connectivity index (χ1v) is 6.36. The fourth-order valence-corrected chi connectivity index (χ4v) is 2.86. The first-order valence-electron chi connectivity index (χ1n) is 4.74. The third-order valence-electron chi connectivity index (χ3n) is 2.15. The number of thiol groups is 1. The van der Waals surface area contributed by atoms with E-state index in [-0.39, 0.29) is 0 Å². The zero-order valence-corrected chi connectivity index (χ0v) is 10.3. The molecule has 78 valence electrons. The molecule has 1 rings (SSSR count). The molecule has 0 aliphatic rings. The van der Waals surface area contributed by atoms with Crippen molar-refractivity contribution in [1.82, 2.24) is 9.97 Å². The molecule has 0 aliphatic heterocycles. The summed E-state index contributed by atoms with van der Waals surface area (Å²) in [6.07, 6.45) is 3.56. The van der Waals surface area contributed by atoms with Crippen molar-refractivity contribution in [2.45, 2.75) is 19.0 Å². The summed E-state index contributed by atoms with van der Waals surface area (Å²) in [6, 6.07) is 1.84. The highest BCUT2D eigenvalue weighted by atomic mass is 32.2. The van der Waals surface area contributed by atoms with Gasteiger partial charge in [-0.05, 0) is 23.7 Å². The van der Waals surface area contributed by atoms with Crippen molar-refractivity contribution in [3.63, 3.8) is 0 Å². The van der Waals surface area contributed by atoms with Gasteiger partial charge in [-0.1, -0.05) is 25.6 Å². The van der Waals surface area contributed by atoms with Crippen LogP contribution in [0.3, 0.4) is 0 Å². The largest absolute Gasteiger partial charge is 0.231 e. The van der Waals surface area contributed by atoms with E-state index < -0.39 is 0 Å². The highest BCUT2D eigenvalue weighted by Gasteiger charge is 2.12. The minimum absolute atomic E-state index is 0.632. The van der Waals surface area contributed by atoms with Gasteiger partial charge in [0.05, 0.1) is 0 Å². The van der Waals surface area contributed by atoms with Crippen LogP contribution in [0.4, 0.5) is 0 Å². The standard InChI is InChI=1S/C10H16N2S2/c1-8(2)9(6-13)7-14-10-11-4-3-5-12-10/h3-5,8-9,13H,6-7H2,1-2H3. The van der Waals surface area contributed by atoms with Crippen LogP contribution in [0.15, 0.2) is 23.6 Å². The molecule has 2 nitrogen and oxygen atoms in total.